The predicted octanol–water partition coefficient (Wildman–Crippen LogP) is 14.6. The highest BCUT2D eigenvalue weighted by molar-refractivity contribution is 6.83. The van der Waals surface area contributed by atoms with E-state index in [1.165, 1.54) is 31.7 Å². The highest BCUT2D eigenvalue weighted by Crippen LogP contribution is 2.44. The van der Waals surface area contributed by atoms with E-state index in [2.05, 4.69) is 113 Å². The molecule has 11 heteroatoms. The average Bonchev–Trinajstić information content (AvgIpc) is 3.24. The van der Waals surface area contributed by atoms with Crippen molar-refractivity contribution in [1.82, 2.24) is 16.0 Å². The molecule has 3 rings (SSSR count). The summed E-state index contributed by atoms with van der Waals surface area (Å²) in [6, 6.07) is 1.84. The number of nitrogens with one attached hydrogen (secondary N) is 3. The second kappa shape index (κ2) is 32.7. The third-order valence-corrected chi connectivity index (χ3v) is 27.3. The van der Waals surface area contributed by atoms with Crippen LogP contribution >= 0.6 is 0 Å². The van der Waals surface area contributed by atoms with Gasteiger partial charge in [0.2, 0.25) is 17.7 Å². The minimum absolute atomic E-state index is 0.0242. The van der Waals surface area contributed by atoms with Crippen LogP contribution < -0.4 is 16.0 Å². The molecule has 3 aliphatic carbocycles. The summed E-state index contributed by atoms with van der Waals surface area (Å²) in [6.07, 6.45) is 14.8. The van der Waals surface area contributed by atoms with Crippen LogP contribution in [0.1, 0.15) is 222 Å². The number of carbonyl (C=O) groups excluding carboxylic acids is 3. The van der Waals surface area contributed by atoms with Crippen LogP contribution in [0.4, 0.5) is 0 Å². The standard InChI is InChI=1S/C21H43NO4Si.C21H43NOSi.C15H29NO/c1-15(2)19-9-11-20(12-10-19)21(23)22-13-14-27(24-16(3)4,25-17(5)6)26-18(7)8;1-15(2)19-9-11-20(12-10-19)21(23)22-13-14-24(16(3)4,17(5)6)18(7)8;1-11(2)9-10-16-15(17)14-7-5-13(6-8-14)12(3)4/h15-20H,9-14H2,1-8H3,(H,22,23);15-20H,9-14H2,1-8H3,(H,22,23);11-14H,5-10H2,1-4H3,(H,16,17). The lowest BCUT2D eigenvalue weighted by Gasteiger charge is -2.43. The molecule has 3 saturated carbocycles. The van der Waals surface area contributed by atoms with E-state index in [9.17, 15) is 14.4 Å². The van der Waals surface area contributed by atoms with E-state index in [1.807, 2.05) is 41.5 Å². The molecule has 9 nitrogen and oxygen atoms in total. The van der Waals surface area contributed by atoms with Gasteiger partial charge in [0.05, 0.1) is 8.07 Å². The van der Waals surface area contributed by atoms with Gasteiger partial charge in [-0.3, -0.25) is 14.4 Å². The first-order valence-corrected chi connectivity index (χ1v) is 32.9. The molecule has 68 heavy (non-hydrogen) atoms. The topological polar surface area (TPSA) is 115 Å². The number of amides is 3. The molecule has 0 aliphatic heterocycles. The summed E-state index contributed by atoms with van der Waals surface area (Å²) in [7, 11) is -4.23. The van der Waals surface area contributed by atoms with Gasteiger partial charge < -0.3 is 29.2 Å². The fourth-order valence-corrected chi connectivity index (χ4v) is 21.4. The van der Waals surface area contributed by atoms with E-state index in [1.54, 1.807) is 0 Å². The van der Waals surface area contributed by atoms with E-state index in [4.69, 9.17) is 13.3 Å². The average molecular weight is 995 g/mol. The zero-order chi connectivity index (χ0) is 51.9. The van der Waals surface area contributed by atoms with Gasteiger partial charge in [-0.1, -0.05) is 114 Å². The SMILES string of the molecule is CC(C)C1CCC(C(=O)NCC[Si](C(C)C)(C(C)C)C(C)C)CC1.CC(C)CCNC(=O)C1CCC(C(C)C)CC1.CC(C)O[Si](CCNC(=O)C1CCC(C(C)C)CC1)(OC(C)C)OC(C)C. The van der Waals surface area contributed by atoms with Gasteiger partial charge in [0.1, 0.15) is 0 Å². The summed E-state index contributed by atoms with van der Waals surface area (Å²) in [5.74, 6) is 6.90. The van der Waals surface area contributed by atoms with Crippen LogP contribution in [0.15, 0.2) is 0 Å². The van der Waals surface area contributed by atoms with Crippen molar-refractivity contribution < 1.29 is 27.7 Å². The Morgan fingerprint density at radius 3 is 0.897 bits per heavy atom. The minimum atomic E-state index is -2.84. The molecular weight excluding hydrogens is 879 g/mol. The van der Waals surface area contributed by atoms with Crippen molar-refractivity contribution in [2.24, 2.45) is 59.2 Å². The first kappa shape index (κ1) is 64.7. The molecule has 0 heterocycles. The van der Waals surface area contributed by atoms with Gasteiger partial charge in [-0.15, -0.1) is 0 Å². The Kier molecular flexibility index (Phi) is 31.2. The Morgan fingerprint density at radius 2 is 0.662 bits per heavy atom. The zero-order valence-electron chi connectivity index (χ0n) is 48.4. The fraction of sp³-hybridized carbons (Fsp3) is 0.947. The van der Waals surface area contributed by atoms with Crippen LogP contribution in [-0.4, -0.2) is 72.5 Å². The van der Waals surface area contributed by atoms with Gasteiger partial charge in [0.25, 0.3) is 0 Å². The largest absolute Gasteiger partial charge is 0.503 e. The zero-order valence-corrected chi connectivity index (χ0v) is 50.4. The van der Waals surface area contributed by atoms with Crippen LogP contribution in [0.25, 0.3) is 0 Å². The van der Waals surface area contributed by atoms with Crippen LogP contribution in [0.3, 0.4) is 0 Å². The van der Waals surface area contributed by atoms with Crippen molar-refractivity contribution >= 4 is 34.6 Å². The molecule has 0 spiro atoms. The van der Waals surface area contributed by atoms with Gasteiger partial charge in [0.15, 0.2) is 0 Å². The molecule has 3 fully saturated rings. The second-order valence-corrected chi connectivity index (χ2v) is 33.6. The number of hydrogen-bond donors (Lipinski definition) is 3. The Hall–Kier alpha value is -1.28. The summed E-state index contributed by atoms with van der Waals surface area (Å²) < 4.78 is 18.5. The molecule has 3 aliphatic rings. The highest BCUT2D eigenvalue weighted by atomic mass is 28.4. The first-order valence-electron chi connectivity index (χ1n) is 28.5. The third kappa shape index (κ3) is 23.5. The van der Waals surface area contributed by atoms with Crippen LogP contribution in [0.2, 0.25) is 28.7 Å². The van der Waals surface area contributed by atoms with Crippen molar-refractivity contribution in [3.63, 3.8) is 0 Å². The van der Waals surface area contributed by atoms with E-state index in [0.29, 0.717) is 30.3 Å². The summed E-state index contributed by atoms with van der Waals surface area (Å²) in [5, 5.41) is 9.53. The molecule has 0 radical (unpaired) electrons. The molecule has 0 saturated heterocycles. The molecule has 0 aromatic rings. The number of carbonyl (C=O) groups is 3. The van der Waals surface area contributed by atoms with Gasteiger partial charge in [0, 0.05) is 61.7 Å². The predicted molar refractivity (Wildman–Crippen MR) is 294 cm³/mol. The normalized spacial score (nSPS) is 22.9. The second-order valence-electron chi connectivity index (χ2n) is 24.9. The van der Waals surface area contributed by atoms with Crippen molar-refractivity contribution in [3.8, 4) is 0 Å². The molecule has 0 unspecified atom stereocenters. The first-order chi connectivity index (χ1) is 31.7. The Balaban J connectivity index is 0.000000523. The summed E-state index contributed by atoms with van der Waals surface area (Å²) in [5.41, 5.74) is 2.32. The third-order valence-electron chi connectivity index (χ3n) is 16.3. The molecule has 3 N–H and O–H groups in total. The number of hydrogen-bond acceptors (Lipinski definition) is 6. The quantitative estimate of drug-likeness (QED) is 0.0830. The maximum Gasteiger partial charge on any atom is 0.503 e. The Labute approximate surface area is 424 Å². The van der Waals surface area contributed by atoms with Crippen LogP contribution in [0.5, 0.6) is 0 Å². The summed E-state index contributed by atoms with van der Waals surface area (Å²) >= 11 is 0. The van der Waals surface area contributed by atoms with E-state index in [0.717, 1.165) is 123 Å². The van der Waals surface area contributed by atoms with Crippen molar-refractivity contribution in [2.45, 2.75) is 269 Å². The fourth-order valence-electron chi connectivity index (χ4n) is 12.0. The van der Waals surface area contributed by atoms with Crippen molar-refractivity contribution in [3.05, 3.63) is 0 Å². The van der Waals surface area contributed by atoms with Gasteiger partial charge in [-0.2, -0.15) is 0 Å². The van der Waals surface area contributed by atoms with Crippen molar-refractivity contribution in [2.75, 3.05) is 19.6 Å². The summed E-state index contributed by atoms with van der Waals surface area (Å²) in [4.78, 5) is 37.1. The maximum atomic E-state index is 12.6. The Bertz CT molecular complexity index is 1310. The molecule has 0 atom stereocenters. The maximum absolute atomic E-state index is 12.6. The highest BCUT2D eigenvalue weighted by Gasteiger charge is 2.45. The smallest absolute Gasteiger partial charge is 0.371 e. The van der Waals surface area contributed by atoms with Gasteiger partial charge in [-0.05, 0) is 172 Å². The Morgan fingerprint density at radius 1 is 0.397 bits per heavy atom. The lowest BCUT2D eigenvalue weighted by molar-refractivity contribution is -0.127. The molecular formula is C57H115N3O6Si2. The molecule has 0 aromatic heterocycles. The van der Waals surface area contributed by atoms with Crippen LogP contribution in [-0.2, 0) is 27.7 Å². The lowest BCUT2D eigenvalue weighted by Crippen LogP contribution is -2.52. The molecule has 0 aromatic carbocycles. The van der Waals surface area contributed by atoms with Crippen molar-refractivity contribution in [1.29, 1.82) is 0 Å². The van der Waals surface area contributed by atoms with E-state index < -0.39 is 16.9 Å². The minimum Gasteiger partial charge on any atom is -0.371 e. The molecule has 3 amide bonds. The monoisotopic (exact) mass is 994 g/mol. The number of rotatable bonds is 24. The van der Waals surface area contributed by atoms with E-state index in [-0.39, 0.29) is 42.0 Å². The molecule has 0 bridgehead atoms. The van der Waals surface area contributed by atoms with Gasteiger partial charge in [-0.25, -0.2) is 0 Å². The summed E-state index contributed by atoms with van der Waals surface area (Å²) in [6.45, 7) is 46.9. The van der Waals surface area contributed by atoms with Gasteiger partial charge >= 0.3 is 8.80 Å². The lowest BCUT2D eigenvalue weighted by atomic mass is 9.77. The van der Waals surface area contributed by atoms with E-state index >= 15 is 0 Å². The van der Waals surface area contributed by atoms with Crippen LogP contribution in [0, 0.1) is 59.2 Å². The molecule has 402 valence electrons.